The lowest BCUT2D eigenvalue weighted by atomic mass is 9.86. The maximum Gasteiger partial charge on any atom is 0.306 e. The third-order valence-corrected chi connectivity index (χ3v) is 4.45. The van der Waals surface area contributed by atoms with Gasteiger partial charge in [0.2, 0.25) is 5.91 Å². The Bertz CT molecular complexity index is 553. The van der Waals surface area contributed by atoms with Crippen molar-refractivity contribution in [2.75, 3.05) is 0 Å². The summed E-state index contributed by atoms with van der Waals surface area (Å²) in [4.78, 5) is 23.0. The summed E-state index contributed by atoms with van der Waals surface area (Å²) < 4.78 is 13.2. The molecule has 4 nitrogen and oxygen atoms in total. The van der Waals surface area contributed by atoms with E-state index in [2.05, 4.69) is 5.32 Å². The Morgan fingerprint density at radius 2 is 2.00 bits per heavy atom. The fraction of sp³-hybridized carbons (Fsp3) is 0.556. The molecule has 1 aromatic carbocycles. The molecule has 1 atom stereocenters. The standard InChI is InChI=1S/C18H24FNO3/c1-12(9-13-3-2-4-15(19)11-13)10-17(21)20-16-7-5-14(6-8-16)18(22)23/h2-4,11-12,14,16H,5-10H2,1H3,(H,20,21)(H,22,23). The van der Waals surface area contributed by atoms with Crippen LogP contribution < -0.4 is 5.32 Å². The minimum atomic E-state index is -0.738. The third kappa shape index (κ3) is 5.66. The number of aliphatic carboxylic acids is 1. The molecule has 126 valence electrons. The Morgan fingerprint density at radius 1 is 1.30 bits per heavy atom. The molecule has 0 heterocycles. The quantitative estimate of drug-likeness (QED) is 0.846. The van der Waals surface area contributed by atoms with Crippen molar-refractivity contribution >= 4 is 11.9 Å². The van der Waals surface area contributed by atoms with Crippen LogP contribution in [0.4, 0.5) is 4.39 Å². The SMILES string of the molecule is CC(CC(=O)NC1CCC(C(=O)O)CC1)Cc1cccc(F)c1. The maximum absolute atomic E-state index is 13.2. The lowest BCUT2D eigenvalue weighted by Gasteiger charge is -2.27. The Kier molecular flexibility index (Phi) is 6.13. The number of carboxylic acid groups (broad SMARTS) is 1. The largest absolute Gasteiger partial charge is 0.481 e. The number of hydrogen-bond acceptors (Lipinski definition) is 2. The lowest BCUT2D eigenvalue weighted by Crippen LogP contribution is -2.39. The van der Waals surface area contributed by atoms with E-state index in [1.54, 1.807) is 6.07 Å². The van der Waals surface area contributed by atoms with Gasteiger partial charge in [-0.3, -0.25) is 9.59 Å². The van der Waals surface area contributed by atoms with E-state index in [1.165, 1.54) is 12.1 Å². The highest BCUT2D eigenvalue weighted by Gasteiger charge is 2.26. The van der Waals surface area contributed by atoms with Crippen molar-refractivity contribution in [3.63, 3.8) is 0 Å². The highest BCUT2D eigenvalue weighted by Crippen LogP contribution is 2.24. The number of hydrogen-bond donors (Lipinski definition) is 2. The molecule has 2 rings (SSSR count). The van der Waals surface area contributed by atoms with Crippen molar-refractivity contribution in [3.05, 3.63) is 35.6 Å². The molecular formula is C18H24FNO3. The van der Waals surface area contributed by atoms with Gasteiger partial charge in [-0.1, -0.05) is 19.1 Å². The van der Waals surface area contributed by atoms with Gasteiger partial charge < -0.3 is 10.4 Å². The van der Waals surface area contributed by atoms with Gasteiger partial charge in [0, 0.05) is 12.5 Å². The van der Waals surface area contributed by atoms with Crippen LogP contribution in [0.5, 0.6) is 0 Å². The van der Waals surface area contributed by atoms with E-state index in [0.29, 0.717) is 25.7 Å². The Hall–Kier alpha value is -1.91. The predicted molar refractivity (Wildman–Crippen MR) is 85.4 cm³/mol. The van der Waals surface area contributed by atoms with Crippen LogP contribution in [-0.2, 0) is 16.0 Å². The van der Waals surface area contributed by atoms with E-state index >= 15 is 0 Å². The van der Waals surface area contributed by atoms with Crippen molar-refractivity contribution in [2.24, 2.45) is 11.8 Å². The molecular weight excluding hydrogens is 297 g/mol. The summed E-state index contributed by atoms with van der Waals surface area (Å²) in [6.45, 7) is 1.98. The first-order valence-corrected chi connectivity index (χ1v) is 8.20. The maximum atomic E-state index is 13.2. The summed E-state index contributed by atoms with van der Waals surface area (Å²) in [6, 6.07) is 6.54. The van der Waals surface area contributed by atoms with Gasteiger partial charge >= 0.3 is 5.97 Å². The molecule has 0 aromatic heterocycles. The van der Waals surface area contributed by atoms with Gasteiger partial charge in [-0.15, -0.1) is 0 Å². The van der Waals surface area contributed by atoms with Gasteiger partial charge in [0.25, 0.3) is 0 Å². The number of nitrogens with one attached hydrogen (secondary N) is 1. The Labute approximate surface area is 136 Å². The van der Waals surface area contributed by atoms with Crippen LogP contribution in [0.2, 0.25) is 0 Å². The highest BCUT2D eigenvalue weighted by atomic mass is 19.1. The average Bonchev–Trinajstić information content (AvgIpc) is 2.47. The minimum absolute atomic E-state index is 0.00678. The molecule has 23 heavy (non-hydrogen) atoms. The highest BCUT2D eigenvalue weighted by molar-refractivity contribution is 5.76. The van der Waals surface area contributed by atoms with Crippen LogP contribution in [-0.4, -0.2) is 23.0 Å². The molecule has 1 saturated carbocycles. The second-order valence-electron chi connectivity index (χ2n) is 6.60. The Balaban J connectivity index is 1.73. The van der Waals surface area contributed by atoms with Crippen molar-refractivity contribution in [2.45, 2.75) is 51.5 Å². The summed E-state index contributed by atoms with van der Waals surface area (Å²) in [5, 5.41) is 12.0. The second kappa shape index (κ2) is 8.09. The molecule has 5 heteroatoms. The summed E-state index contributed by atoms with van der Waals surface area (Å²) in [5.74, 6) is -1.14. The average molecular weight is 321 g/mol. The molecule has 0 saturated heterocycles. The lowest BCUT2D eigenvalue weighted by molar-refractivity contribution is -0.142. The molecule has 1 fully saturated rings. The van der Waals surface area contributed by atoms with E-state index in [-0.39, 0.29) is 29.6 Å². The normalized spacial score (nSPS) is 22.3. The first-order chi connectivity index (χ1) is 10.9. The number of benzene rings is 1. The van der Waals surface area contributed by atoms with E-state index in [4.69, 9.17) is 5.11 Å². The molecule has 0 bridgehead atoms. The number of halogens is 1. The fourth-order valence-corrected chi connectivity index (χ4v) is 3.23. The van der Waals surface area contributed by atoms with Crippen LogP contribution in [0.15, 0.2) is 24.3 Å². The summed E-state index contributed by atoms with van der Waals surface area (Å²) in [5.41, 5.74) is 0.896. The smallest absolute Gasteiger partial charge is 0.306 e. The summed E-state index contributed by atoms with van der Waals surface area (Å²) in [6.07, 6.45) is 3.76. The fourth-order valence-electron chi connectivity index (χ4n) is 3.23. The number of carbonyl (C=O) groups excluding carboxylic acids is 1. The van der Waals surface area contributed by atoms with Crippen LogP contribution >= 0.6 is 0 Å². The summed E-state index contributed by atoms with van der Waals surface area (Å²) in [7, 11) is 0. The molecule has 1 aromatic rings. The van der Waals surface area contributed by atoms with Crippen molar-refractivity contribution in [3.8, 4) is 0 Å². The molecule has 1 aliphatic carbocycles. The van der Waals surface area contributed by atoms with Crippen LogP contribution in [0.3, 0.4) is 0 Å². The molecule has 0 radical (unpaired) electrons. The van der Waals surface area contributed by atoms with E-state index in [1.807, 2.05) is 13.0 Å². The molecule has 0 spiro atoms. The second-order valence-corrected chi connectivity index (χ2v) is 6.60. The van der Waals surface area contributed by atoms with Gasteiger partial charge in [0.1, 0.15) is 5.82 Å². The van der Waals surface area contributed by atoms with Crippen LogP contribution in [0, 0.1) is 17.7 Å². The van der Waals surface area contributed by atoms with Gasteiger partial charge in [-0.25, -0.2) is 4.39 Å². The molecule has 1 unspecified atom stereocenters. The van der Waals surface area contributed by atoms with Gasteiger partial charge in [0.15, 0.2) is 0 Å². The van der Waals surface area contributed by atoms with Gasteiger partial charge in [-0.2, -0.15) is 0 Å². The van der Waals surface area contributed by atoms with Crippen LogP contribution in [0.1, 0.15) is 44.6 Å². The zero-order valence-corrected chi connectivity index (χ0v) is 13.4. The van der Waals surface area contributed by atoms with E-state index in [9.17, 15) is 14.0 Å². The van der Waals surface area contributed by atoms with Gasteiger partial charge in [0.05, 0.1) is 5.92 Å². The molecule has 1 amide bonds. The predicted octanol–water partition coefficient (Wildman–Crippen LogP) is 3.15. The first-order valence-electron chi connectivity index (χ1n) is 8.20. The van der Waals surface area contributed by atoms with Crippen molar-refractivity contribution in [1.82, 2.24) is 5.32 Å². The summed E-state index contributed by atoms with van der Waals surface area (Å²) >= 11 is 0. The monoisotopic (exact) mass is 321 g/mol. The topological polar surface area (TPSA) is 66.4 Å². The van der Waals surface area contributed by atoms with Crippen molar-refractivity contribution in [1.29, 1.82) is 0 Å². The molecule has 0 aliphatic heterocycles. The Morgan fingerprint density at radius 3 is 2.61 bits per heavy atom. The zero-order valence-electron chi connectivity index (χ0n) is 13.4. The van der Waals surface area contributed by atoms with Gasteiger partial charge in [-0.05, 0) is 55.7 Å². The van der Waals surface area contributed by atoms with E-state index in [0.717, 1.165) is 18.4 Å². The first kappa shape index (κ1) is 17.4. The molecule has 2 N–H and O–H groups in total. The number of amides is 1. The van der Waals surface area contributed by atoms with Crippen molar-refractivity contribution < 1.29 is 19.1 Å². The zero-order chi connectivity index (χ0) is 16.8. The third-order valence-electron chi connectivity index (χ3n) is 4.45. The number of carboxylic acids is 1. The van der Waals surface area contributed by atoms with Crippen LogP contribution in [0.25, 0.3) is 0 Å². The number of rotatable bonds is 6. The van der Waals surface area contributed by atoms with E-state index < -0.39 is 5.97 Å². The minimum Gasteiger partial charge on any atom is -0.481 e. The molecule has 1 aliphatic rings. The number of carbonyl (C=O) groups is 2.